The van der Waals surface area contributed by atoms with Crippen molar-refractivity contribution in [3.8, 4) is 5.75 Å². The van der Waals surface area contributed by atoms with Gasteiger partial charge in [-0.25, -0.2) is 4.21 Å². The van der Waals surface area contributed by atoms with Crippen LogP contribution in [0, 0.1) is 23.7 Å². The Hall–Kier alpha value is -2.34. The highest BCUT2D eigenvalue weighted by molar-refractivity contribution is 7.99. The molecule has 3 heterocycles. The van der Waals surface area contributed by atoms with E-state index in [2.05, 4.69) is 34.5 Å². The molecule has 7 atom stereocenters. The van der Waals surface area contributed by atoms with Gasteiger partial charge in [0.05, 0.1) is 47.4 Å². The normalized spacial score (nSPS) is 38.3. The molecule has 2 aromatic carbocycles. The lowest BCUT2D eigenvalue weighted by Crippen LogP contribution is -2.59. The van der Waals surface area contributed by atoms with Crippen LogP contribution in [0.4, 0.5) is 5.69 Å². The summed E-state index contributed by atoms with van der Waals surface area (Å²) in [6.45, 7) is 6.41. The lowest BCUT2D eigenvalue weighted by molar-refractivity contribution is -0.249. The number of aliphatic hydroxyl groups is 1. The first-order valence-corrected chi connectivity index (χ1v) is 20.2. The smallest absolute Gasteiger partial charge is 0.262 e. The molecular formula is C38H52ClN3O6S. The van der Waals surface area contributed by atoms with Gasteiger partial charge in [-0.2, -0.15) is 0 Å². The predicted molar refractivity (Wildman–Crippen MR) is 195 cm³/mol. The molecule has 1 spiro atoms. The van der Waals surface area contributed by atoms with Crippen molar-refractivity contribution in [2.24, 2.45) is 29.4 Å². The van der Waals surface area contributed by atoms with Gasteiger partial charge in [0.15, 0.2) is 6.29 Å². The number of halogens is 1. The third kappa shape index (κ3) is 6.86. The summed E-state index contributed by atoms with van der Waals surface area (Å²) in [5.41, 5.74) is 9.10. The highest BCUT2D eigenvalue weighted by Crippen LogP contribution is 2.49. The number of carbonyl (C=O) groups is 1. The number of nitrogens with one attached hydrogen (secondary N) is 1. The number of nitrogens with zero attached hydrogens (tertiary/aromatic N) is 1. The first-order valence-electron chi connectivity index (χ1n) is 18.0. The topological polar surface area (TPSA) is 123 Å². The van der Waals surface area contributed by atoms with E-state index in [1.807, 2.05) is 25.1 Å². The van der Waals surface area contributed by atoms with Crippen LogP contribution >= 0.6 is 11.6 Å². The average molecular weight is 714 g/mol. The SMILES string of the molecule is C=S1(=O)NC(=O)c2ccc3c(c2)N(C[C@@H]2CC[C@H]2[C@H](C2OCC(N)(CO)CO2)CCC[C@H](C)[C@H]1C)C[C@@]1(CCCc2cc(Cl)ccc21)CO3. The van der Waals surface area contributed by atoms with Crippen molar-refractivity contribution in [2.45, 2.75) is 87.7 Å². The van der Waals surface area contributed by atoms with Gasteiger partial charge < -0.3 is 30.0 Å². The number of fused-ring (bicyclic) bond motifs is 4. The average Bonchev–Trinajstić information content (AvgIpc) is 3.22. The maximum atomic E-state index is 13.9. The summed E-state index contributed by atoms with van der Waals surface area (Å²) in [7, 11) is -2.94. The van der Waals surface area contributed by atoms with Gasteiger partial charge in [-0.05, 0) is 117 Å². The number of carbonyl (C=O) groups excluding carboxylic acids is 1. The fourth-order valence-corrected chi connectivity index (χ4v) is 10.7. The van der Waals surface area contributed by atoms with Gasteiger partial charge in [0.1, 0.15) is 5.75 Å². The summed E-state index contributed by atoms with van der Waals surface area (Å²) in [5, 5.41) is 10.3. The molecule has 5 aliphatic rings. The number of anilines is 1. The number of rotatable bonds is 2. The summed E-state index contributed by atoms with van der Waals surface area (Å²) in [6, 6.07) is 11.9. The monoisotopic (exact) mass is 713 g/mol. The van der Waals surface area contributed by atoms with E-state index in [1.54, 1.807) is 6.07 Å². The van der Waals surface area contributed by atoms with Gasteiger partial charge >= 0.3 is 0 Å². The van der Waals surface area contributed by atoms with Crippen molar-refractivity contribution in [1.29, 1.82) is 0 Å². The molecule has 2 aliphatic carbocycles. The van der Waals surface area contributed by atoms with E-state index >= 15 is 0 Å². The van der Waals surface area contributed by atoms with Crippen LogP contribution in [0.2, 0.25) is 5.02 Å². The molecule has 11 heteroatoms. The van der Waals surface area contributed by atoms with E-state index in [0.29, 0.717) is 24.0 Å². The molecule has 49 heavy (non-hydrogen) atoms. The number of hydrogen-bond donors (Lipinski definition) is 3. The van der Waals surface area contributed by atoms with E-state index in [1.165, 1.54) is 11.1 Å². The number of nitrogens with two attached hydrogens (primary N) is 1. The third-order valence-corrected chi connectivity index (χ3v) is 14.8. The van der Waals surface area contributed by atoms with Crippen molar-refractivity contribution in [3.05, 3.63) is 58.1 Å². The van der Waals surface area contributed by atoms with E-state index in [9.17, 15) is 14.1 Å². The molecule has 2 fully saturated rings. The maximum absolute atomic E-state index is 13.9. The lowest BCUT2D eigenvalue weighted by atomic mass is 9.64. The van der Waals surface area contributed by atoms with Crippen molar-refractivity contribution >= 4 is 38.8 Å². The van der Waals surface area contributed by atoms with Crippen molar-refractivity contribution in [2.75, 3.05) is 44.4 Å². The molecule has 0 radical (unpaired) electrons. The Balaban J connectivity index is 1.27. The quantitative estimate of drug-likeness (QED) is 0.368. The number of benzene rings is 2. The largest absolute Gasteiger partial charge is 0.490 e. The molecule has 1 amide bonds. The van der Waals surface area contributed by atoms with Crippen molar-refractivity contribution in [1.82, 2.24) is 4.72 Å². The van der Waals surface area contributed by atoms with Crippen molar-refractivity contribution in [3.63, 3.8) is 0 Å². The molecule has 268 valence electrons. The summed E-state index contributed by atoms with van der Waals surface area (Å²) in [4.78, 5) is 16.2. The Kier molecular flexibility index (Phi) is 9.78. The molecular weight excluding hydrogens is 662 g/mol. The van der Waals surface area contributed by atoms with Gasteiger partial charge in [-0.15, -0.1) is 0 Å². The second-order valence-electron chi connectivity index (χ2n) is 15.7. The van der Waals surface area contributed by atoms with Crippen LogP contribution in [0.25, 0.3) is 0 Å². The van der Waals surface area contributed by atoms with Gasteiger partial charge in [0.25, 0.3) is 5.91 Å². The van der Waals surface area contributed by atoms with Gasteiger partial charge in [-0.1, -0.05) is 31.0 Å². The van der Waals surface area contributed by atoms with Crippen LogP contribution < -0.4 is 20.1 Å². The summed E-state index contributed by atoms with van der Waals surface area (Å²) < 4.78 is 36.0. The Morgan fingerprint density at radius 2 is 1.86 bits per heavy atom. The molecule has 1 unspecified atom stereocenters. The maximum Gasteiger partial charge on any atom is 0.262 e. The van der Waals surface area contributed by atoms with Crippen LogP contribution in [0.3, 0.4) is 0 Å². The van der Waals surface area contributed by atoms with E-state index in [-0.39, 0.29) is 48.2 Å². The zero-order chi connectivity index (χ0) is 34.6. The van der Waals surface area contributed by atoms with Gasteiger partial charge in [-0.3, -0.25) is 9.52 Å². The Morgan fingerprint density at radius 1 is 1.06 bits per heavy atom. The minimum Gasteiger partial charge on any atom is -0.490 e. The summed E-state index contributed by atoms with van der Waals surface area (Å²) in [5.74, 6) is 5.40. The fourth-order valence-electron chi connectivity index (χ4n) is 8.99. The van der Waals surface area contributed by atoms with Crippen LogP contribution in [-0.4, -0.2) is 77.7 Å². The van der Waals surface area contributed by atoms with E-state index in [4.69, 9.17) is 31.5 Å². The Bertz CT molecular complexity index is 1660. The molecule has 3 aliphatic heterocycles. The number of hydrogen-bond acceptors (Lipinski definition) is 8. The Labute approximate surface area is 296 Å². The minimum atomic E-state index is -2.94. The highest BCUT2D eigenvalue weighted by atomic mass is 35.5. The predicted octanol–water partition coefficient (Wildman–Crippen LogP) is 5.09. The third-order valence-electron chi connectivity index (χ3n) is 12.4. The molecule has 1 saturated carbocycles. The lowest BCUT2D eigenvalue weighted by Gasteiger charge is -2.49. The Morgan fingerprint density at radius 3 is 2.59 bits per heavy atom. The van der Waals surface area contributed by atoms with E-state index < -0.39 is 21.5 Å². The second kappa shape index (κ2) is 13.7. The van der Waals surface area contributed by atoms with Crippen LogP contribution in [-0.2, 0) is 31.0 Å². The van der Waals surface area contributed by atoms with E-state index in [0.717, 1.165) is 80.9 Å². The van der Waals surface area contributed by atoms with Crippen molar-refractivity contribution < 1.29 is 28.3 Å². The zero-order valence-electron chi connectivity index (χ0n) is 28.8. The standard InChI is InChI=1S/C38H52ClN3O6S/c1-24-6-4-8-31(36-47-22-38(40,20-43)23-48-36)30-12-9-28(30)18-42-19-37(15-5-7-26-16-29(39)11-13-32(26)37)21-46-34-14-10-27(17-33(34)42)35(44)41-49(3,45)25(24)2/h10-11,13-14,16-17,24-25,28,30-31,36,43H,3-9,12,15,18-23,40H2,1-2H3,(H,41,44,45)/t24-,25+,28-,30+,31+,36?,37-,38?,49?/m0/s1. The number of aliphatic hydroxyl groups excluding tert-OH is 1. The molecule has 4 N–H and O–H groups in total. The summed E-state index contributed by atoms with van der Waals surface area (Å²) >= 11 is 6.47. The first kappa shape index (κ1) is 35.1. The number of ether oxygens (including phenoxy) is 3. The van der Waals surface area contributed by atoms with Crippen LogP contribution in [0.5, 0.6) is 5.75 Å². The number of aryl methyl sites for hydroxylation is 1. The minimum absolute atomic E-state index is 0.0793. The molecule has 7 rings (SSSR count). The number of amides is 1. The van der Waals surface area contributed by atoms with Crippen LogP contribution in [0.15, 0.2) is 36.4 Å². The zero-order valence-corrected chi connectivity index (χ0v) is 30.4. The second-order valence-corrected chi connectivity index (χ2v) is 18.6. The molecule has 0 aromatic heterocycles. The molecule has 2 aromatic rings. The molecule has 9 nitrogen and oxygen atoms in total. The van der Waals surface area contributed by atoms with Crippen LogP contribution in [0.1, 0.15) is 80.3 Å². The fraction of sp³-hybridized carbons (Fsp3) is 0.632. The first-order chi connectivity index (χ1) is 23.4. The van der Waals surface area contributed by atoms with Gasteiger partial charge in [0, 0.05) is 40.3 Å². The molecule has 1 saturated heterocycles. The molecule has 2 bridgehead atoms. The highest BCUT2D eigenvalue weighted by Gasteiger charge is 2.47. The summed E-state index contributed by atoms with van der Waals surface area (Å²) in [6.07, 6.45) is 7.45. The van der Waals surface area contributed by atoms with Gasteiger partial charge in [0.2, 0.25) is 0 Å².